The van der Waals surface area contributed by atoms with Crippen LogP contribution in [0.4, 0.5) is 0 Å². The molecule has 104 valence electrons. The maximum atomic E-state index is 12.3. The Bertz CT molecular complexity index is 404. The molecule has 0 saturated heterocycles. The van der Waals surface area contributed by atoms with Crippen molar-refractivity contribution in [2.75, 3.05) is 24.7 Å². The van der Waals surface area contributed by atoms with Crippen LogP contribution in [0.3, 0.4) is 0 Å². The zero-order valence-electron chi connectivity index (χ0n) is 11.1. The Hall–Kier alpha value is -1.00. The number of benzene rings is 1. The first-order valence-electron chi connectivity index (χ1n) is 6.82. The lowest BCUT2D eigenvalue weighted by Gasteiger charge is -2.15. The molecule has 2 N–H and O–H groups in total. The Balaban J connectivity index is 1.75. The van der Waals surface area contributed by atoms with Gasteiger partial charge in [0.2, 0.25) is 5.91 Å². The quantitative estimate of drug-likeness (QED) is 0.715. The highest BCUT2D eigenvalue weighted by Gasteiger charge is 2.50. The minimum Gasteiger partial charge on any atom is -0.396 e. The molecule has 0 aliphatic heterocycles. The monoisotopic (exact) mass is 279 g/mol. The number of aliphatic hydroxyl groups excluding tert-OH is 1. The van der Waals surface area contributed by atoms with Gasteiger partial charge in [0.15, 0.2) is 0 Å². The van der Waals surface area contributed by atoms with Gasteiger partial charge in [0.1, 0.15) is 0 Å². The molecule has 19 heavy (non-hydrogen) atoms. The molecule has 1 saturated carbocycles. The highest BCUT2D eigenvalue weighted by molar-refractivity contribution is 7.99. The standard InChI is InChI=1S/C15H21NO2S/c17-10-4-11-19-12-9-16-14(18)15(7-8-15)13-5-2-1-3-6-13/h1-3,5-6,17H,4,7-12H2,(H,16,18). The van der Waals surface area contributed by atoms with E-state index in [4.69, 9.17) is 5.11 Å². The maximum Gasteiger partial charge on any atom is 0.230 e. The van der Waals surface area contributed by atoms with Gasteiger partial charge in [0.05, 0.1) is 5.41 Å². The van der Waals surface area contributed by atoms with Crippen molar-refractivity contribution in [1.82, 2.24) is 5.32 Å². The van der Waals surface area contributed by atoms with E-state index in [1.54, 1.807) is 11.8 Å². The molecular formula is C15H21NO2S. The lowest BCUT2D eigenvalue weighted by atomic mass is 9.95. The second-order valence-electron chi connectivity index (χ2n) is 4.89. The number of nitrogens with one attached hydrogen (secondary N) is 1. The molecule has 0 aromatic heterocycles. The van der Waals surface area contributed by atoms with Gasteiger partial charge in [-0.15, -0.1) is 0 Å². The van der Waals surface area contributed by atoms with E-state index in [2.05, 4.69) is 5.32 Å². The van der Waals surface area contributed by atoms with Crippen molar-refractivity contribution in [2.45, 2.75) is 24.7 Å². The van der Waals surface area contributed by atoms with Crippen LogP contribution in [0.5, 0.6) is 0 Å². The highest BCUT2D eigenvalue weighted by Crippen LogP contribution is 2.48. The van der Waals surface area contributed by atoms with E-state index in [1.165, 1.54) is 0 Å². The van der Waals surface area contributed by atoms with Crippen molar-refractivity contribution in [3.63, 3.8) is 0 Å². The fourth-order valence-electron chi connectivity index (χ4n) is 2.20. The van der Waals surface area contributed by atoms with E-state index >= 15 is 0 Å². The molecule has 0 bridgehead atoms. The van der Waals surface area contributed by atoms with E-state index in [0.29, 0.717) is 6.54 Å². The highest BCUT2D eigenvalue weighted by atomic mass is 32.2. The molecule has 0 heterocycles. The zero-order valence-corrected chi connectivity index (χ0v) is 11.9. The summed E-state index contributed by atoms with van der Waals surface area (Å²) >= 11 is 1.77. The van der Waals surface area contributed by atoms with Crippen LogP contribution in [0.1, 0.15) is 24.8 Å². The van der Waals surface area contributed by atoms with Crippen LogP contribution < -0.4 is 5.32 Å². The molecule has 1 fully saturated rings. The van der Waals surface area contributed by atoms with Crippen molar-refractivity contribution in [1.29, 1.82) is 0 Å². The molecule has 1 amide bonds. The van der Waals surface area contributed by atoms with E-state index in [9.17, 15) is 4.79 Å². The molecule has 1 aliphatic rings. The number of hydrogen-bond donors (Lipinski definition) is 2. The second kappa shape index (κ2) is 6.96. The molecule has 1 aliphatic carbocycles. The summed E-state index contributed by atoms with van der Waals surface area (Å²) in [5.74, 6) is 2.04. The molecule has 1 aromatic rings. The summed E-state index contributed by atoms with van der Waals surface area (Å²) in [6, 6.07) is 10.1. The van der Waals surface area contributed by atoms with E-state index < -0.39 is 0 Å². The lowest BCUT2D eigenvalue weighted by molar-refractivity contribution is -0.123. The van der Waals surface area contributed by atoms with Crippen LogP contribution in [0.15, 0.2) is 30.3 Å². The van der Waals surface area contributed by atoms with Crippen molar-refractivity contribution in [2.24, 2.45) is 0 Å². The molecule has 0 spiro atoms. The van der Waals surface area contributed by atoms with Gasteiger partial charge in [0.25, 0.3) is 0 Å². The Morgan fingerprint density at radius 1 is 1.26 bits per heavy atom. The first kappa shape index (κ1) is 14.4. The zero-order chi connectivity index (χ0) is 13.6. The third-order valence-corrected chi connectivity index (χ3v) is 4.56. The molecular weight excluding hydrogens is 258 g/mol. The Labute approximate surface area is 118 Å². The number of aliphatic hydroxyl groups is 1. The first-order valence-corrected chi connectivity index (χ1v) is 7.97. The summed E-state index contributed by atoms with van der Waals surface area (Å²) in [4.78, 5) is 12.3. The van der Waals surface area contributed by atoms with Crippen molar-refractivity contribution in [3.05, 3.63) is 35.9 Å². The summed E-state index contributed by atoms with van der Waals surface area (Å²) in [5.41, 5.74) is 0.886. The number of thioether (sulfide) groups is 1. The average Bonchev–Trinajstić information content (AvgIpc) is 3.25. The summed E-state index contributed by atoms with van der Waals surface area (Å²) in [5, 5.41) is 11.7. The number of carbonyl (C=O) groups is 1. The largest absolute Gasteiger partial charge is 0.396 e. The number of amides is 1. The number of carbonyl (C=O) groups excluding carboxylic acids is 1. The number of rotatable bonds is 8. The normalized spacial score (nSPS) is 16.1. The van der Waals surface area contributed by atoms with Crippen molar-refractivity contribution in [3.8, 4) is 0 Å². The van der Waals surface area contributed by atoms with Gasteiger partial charge in [-0.1, -0.05) is 30.3 Å². The fraction of sp³-hybridized carbons (Fsp3) is 0.533. The van der Waals surface area contributed by atoms with Crippen molar-refractivity contribution >= 4 is 17.7 Å². The molecule has 4 heteroatoms. The Morgan fingerprint density at radius 2 is 2.00 bits per heavy atom. The van der Waals surface area contributed by atoms with Crippen LogP contribution in [-0.2, 0) is 10.2 Å². The van der Waals surface area contributed by atoms with Crippen LogP contribution in [-0.4, -0.2) is 35.7 Å². The molecule has 3 nitrogen and oxygen atoms in total. The summed E-state index contributed by atoms with van der Waals surface area (Å²) in [7, 11) is 0. The predicted molar refractivity (Wildman–Crippen MR) is 79.4 cm³/mol. The van der Waals surface area contributed by atoms with E-state index in [1.807, 2.05) is 30.3 Å². The van der Waals surface area contributed by atoms with Gasteiger partial charge < -0.3 is 10.4 Å². The third-order valence-electron chi connectivity index (χ3n) is 3.49. The minimum absolute atomic E-state index is 0.168. The molecule has 0 atom stereocenters. The summed E-state index contributed by atoms with van der Waals surface area (Å²) in [6.45, 7) is 0.958. The van der Waals surface area contributed by atoms with Crippen molar-refractivity contribution < 1.29 is 9.90 Å². The summed E-state index contributed by atoms with van der Waals surface area (Å²) in [6.07, 6.45) is 2.74. The minimum atomic E-state index is -0.253. The van der Waals surface area contributed by atoms with Crippen LogP contribution >= 0.6 is 11.8 Å². The SMILES string of the molecule is O=C(NCCSCCCO)C1(c2ccccc2)CC1. The topological polar surface area (TPSA) is 49.3 Å². The Morgan fingerprint density at radius 3 is 2.63 bits per heavy atom. The maximum absolute atomic E-state index is 12.3. The van der Waals surface area contributed by atoms with Gasteiger partial charge >= 0.3 is 0 Å². The van der Waals surface area contributed by atoms with Crippen LogP contribution in [0.2, 0.25) is 0 Å². The van der Waals surface area contributed by atoms with Gasteiger partial charge in [0, 0.05) is 18.9 Å². The first-order chi connectivity index (χ1) is 9.29. The van der Waals surface area contributed by atoms with E-state index in [0.717, 1.165) is 36.3 Å². The molecule has 0 radical (unpaired) electrons. The predicted octanol–water partition coefficient (Wildman–Crippen LogP) is 1.95. The summed E-state index contributed by atoms with van der Waals surface area (Å²) < 4.78 is 0. The van der Waals surface area contributed by atoms with Crippen LogP contribution in [0.25, 0.3) is 0 Å². The lowest BCUT2D eigenvalue weighted by Crippen LogP contribution is -2.36. The average molecular weight is 279 g/mol. The van der Waals surface area contributed by atoms with Gasteiger partial charge in [-0.3, -0.25) is 4.79 Å². The van der Waals surface area contributed by atoms with Gasteiger partial charge in [-0.25, -0.2) is 0 Å². The molecule has 2 rings (SSSR count). The Kier molecular flexibility index (Phi) is 5.28. The van der Waals surface area contributed by atoms with Crippen LogP contribution in [0, 0.1) is 0 Å². The van der Waals surface area contributed by atoms with E-state index in [-0.39, 0.29) is 17.9 Å². The smallest absolute Gasteiger partial charge is 0.230 e. The fourth-order valence-corrected chi connectivity index (χ4v) is 2.99. The second-order valence-corrected chi connectivity index (χ2v) is 6.12. The van der Waals surface area contributed by atoms with Gasteiger partial charge in [-0.2, -0.15) is 11.8 Å². The molecule has 1 aromatic carbocycles. The number of hydrogen-bond acceptors (Lipinski definition) is 3. The molecule has 0 unspecified atom stereocenters. The van der Waals surface area contributed by atoms with Gasteiger partial charge in [-0.05, 0) is 30.6 Å². The third kappa shape index (κ3) is 3.74.